The third kappa shape index (κ3) is 4.61. The van der Waals surface area contributed by atoms with E-state index in [9.17, 15) is 15.2 Å². The van der Waals surface area contributed by atoms with Crippen LogP contribution in [-0.4, -0.2) is 16.2 Å². The van der Waals surface area contributed by atoms with Crippen molar-refractivity contribution in [2.45, 2.75) is 13.8 Å². The molecule has 0 heterocycles. The molecule has 1 N–H and O–H groups in total. The molecule has 22 heavy (non-hydrogen) atoms. The summed E-state index contributed by atoms with van der Waals surface area (Å²) in [5.41, 5.74) is 3.03. The first-order valence-electron chi connectivity index (χ1n) is 6.24. The van der Waals surface area contributed by atoms with Gasteiger partial charge in [-0.05, 0) is 48.7 Å². The number of nitro groups is 1. The number of aromatic hydroxyl groups is 1. The van der Waals surface area contributed by atoms with Crippen LogP contribution < -0.4 is 0 Å². The van der Waals surface area contributed by atoms with E-state index in [4.69, 9.17) is 3.67 Å². The molecule has 6 nitrogen and oxygen atoms in total. The fourth-order valence-corrected chi connectivity index (χ4v) is 1.86. The molecular formula is C15H14N2O4V. The Morgan fingerprint density at radius 2 is 1.77 bits per heavy atom. The second kappa shape index (κ2) is 8.21. The molecular weight excluding hydrogens is 323 g/mol. The van der Waals surface area contributed by atoms with Crippen molar-refractivity contribution in [1.29, 1.82) is 0 Å². The number of benzene rings is 2. The average Bonchev–Trinajstić information content (AvgIpc) is 2.51. The summed E-state index contributed by atoms with van der Waals surface area (Å²) in [6.07, 6.45) is 1.57. The van der Waals surface area contributed by atoms with Crippen LogP contribution in [0.5, 0.6) is 5.75 Å². The Kier molecular flexibility index (Phi) is 6.63. The zero-order chi connectivity index (χ0) is 16.7. The van der Waals surface area contributed by atoms with Gasteiger partial charge in [-0.2, -0.15) is 0 Å². The average molecular weight is 337 g/mol. The molecule has 0 spiro atoms. The molecule has 0 aliphatic rings. The molecule has 0 fully saturated rings. The summed E-state index contributed by atoms with van der Waals surface area (Å²) >= 11 is 1.06. The summed E-state index contributed by atoms with van der Waals surface area (Å²) in [5.74, 6) is 0.147. The predicted octanol–water partition coefficient (Wildman–Crippen LogP) is 3.55. The second-order valence-corrected chi connectivity index (χ2v) is 4.56. The molecule has 0 bridgehead atoms. The van der Waals surface area contributed by atoms with Crippen molar-refractivity contribution in [3.63, 3.8) is 0 Å². The van der Waals surface area contributed by atoms with E-state index < -0.39 is 4.92 Å². The van der Waals surface area contributed by atoms with Crippen LogP contribution in [0, 0.1) is 24.0 Å². The molecule has 2 aromatic rings. The normalized spacial score (nSPS) is 10.0. The minimum atomic E-state index is -0.448. The Bertz CT molecular complexity index is 699. The van der Waals surface area contributed by atoms with Crippen molar-refractivity contribution in [2.24, 2.45) is 4.99 Å². The maximum absolute atomic E-state index is 10.6. The molecule has 0 aliphatic heterocycles. The van der Waals surface area contributed by atoms with Gasteiger partial charge in [0, 0.05) is 18.3 Å². The Balaban J connectivity index is 0.00000116. The van der Waals surface area contributed by atoms with Gasteiger partial charge < -0.3 is 5.11 Å². The molecule has 2 aromatic carbocycles. The number of non-ortho nitro benzene ring substituents is 1. The zero-order valence-corrected chi connectivity index (χ0v) is 13.5. The molecule has 0 atom stereocenters. The number of phenolic OH excluding ortho intramolecular Hbond substituents is 1. The Morgan fingerprint density at radius 3 is 2.32 bits per heavy atom. The number of phenols is 1. The van der Waals surface area contributed by atoms with Gasteiger partial charge in [-0.3, -0.25) is 15.1 Å². The molecule has 0 aromatic heterocycles. The molecule has 0 aliphatic carbocycles. The van der Waals surface area contributed by atoms with Gasteiger partial charge in [0.2, 0.25) is 0 Å². The first kappa shape index (κ1) is 17.7. The molecule has 2 rings (SSSR count). The van der Waals surface area contributed by atoms with Crippen molar-refractivity contribution >= 4 is 17.6 Å². The van der Waals surface area contributed by atoms with Gasteiger partial charge >= 0.3 is 21.0 Å². The van der Waals surface area contributed by atoms with E-state index in [1.54, 1.807) is 24.4 Å². The summed E-state index contributed by atoms with van der Waals surface area (Å²) in [4.78, 5) is 14.3. The fourth-order valence-electron chi connectivity index (χ4n) is 1.86. The van der Waals surface area contributed by atoms with E-state index >= 15 is 0 Å². The molecule has 0 radical (unpaired) electrons. The minimum absolute atomic E-state index is 0.0383. The summed E-state index contributed by atoms with van der Waals surface area (Å²) in [6.45, 7) is 3.74. The van der Waals surface area contributed by atoms with E-state index in [1.165, 1.54) is 12.1 Å². The van der Waals surface area contributed by atoms with Crippen molar-refractivity contribution in [1.82, 2.24) is 0 Å². The van der Waals surface area contributed by atoms with E-state index in [1.807, 2.05) is 19.9 Å². The van der Waals surface area contributed by atoms with Crippen molar-refractivity contribution in [2.75, 3.05) is 0 Å². The monoisotopic (exact) mass is 337 g/mol. The van der Waals surface area contributed by atoms with Crippen LogP contribution in [0.1, 0.15) is 16.7 Å². The predicted molar refractivity (Wildman–Crippen MR) is 78.6 cm³/mol. The van der Waals surface area contributed by atoms with E-state index in [0.717, 1.165) is 34.1 Å². The standard InChI is InChI=1S/C15H14N2O3.O.V/c1-10-7-11(2)15(18)14(8-10)16-9-12-3-5-13(6-4-12)17(19)20;;/h3-9,18H,1-2H3;;. The Morgan fingerprint density at radius 1 is 1.18 bits per heavy atom. The quantitative estimate of drug-likeness (QED) is 0.526. The van der Waals surface area contributed by atoms with Gasteiger partial charge in [-0.15, -0.1) is 0 Å². The van der Waals surface area contributed by atoms with Crippen LogP contribution in [0.4, 0.5) is 11.4 Å². The third-order valence-corrected chi connectivity index (χ3v) is 2.88. The number of rotatable bonds is 3. The summed E-state index contributed by atoms with van der Waals surface area (Å²) < 4.78 is 8.19. The third-order valence-electron chi connectivity index (χ3n) is 2.88. The van der Waals surface area contributed by atoms with E-state index in [-0.39, 0.29) is 11.4 Å². The van der Waals surface area contributed by atoms with Crippen LogP contribution in [0.15, 0.2) is 41.4 Å². The number of nitrogens with zero attached hydrogens (tertiary/aromatic N) is 2. The van der Waals surface area contributed by atoms with Crippen LogP contribution >= 0.6 is 0 Å². The number of aryl methyl sites for hydroxylation is 2. The van der Waals surface area contributed by atoms with Gasteiger partial charge in [0.25, 0.3) is 5.69 Å². The van der Waals surface area contributed by atoms with Gasteiger partial charge in [-0.1, -0.05) is 6.07 Å². The summed E-state index contributed by atoms with van der Waals surface area (Å²) in [5, 5.41) is 20.5. The summed E-state index contributed by atoms with van der Waals surface area (Å²) in [6, 6.07) is 9.72. The van der Waals surface area contributed by atoms with E-state index in [0.29, 0.717) is 5.69 Å². The molecule has 0 saturated heterocycles. The molecule has 7 heteroatoms. The number of nitro benzene ring substituents is 1. The summed E-state index contributed by atoms with van der Waals surface area (Å²) in [7, 11) is 0. The Labute approximate surface area is 136 Å². The van der Waals surface area contributed by atoms with Gasteiger partial charge in [0.15, 0.2) is 0 Å². The fraction of sp³-hybridized carbons (Fsp3) is 0.133. The molecule has 0 amide bonds. The first-order valence-corrected chi connectivity index (χ1v) is 6.81. The van der Waals surface area contributed by atoms with E-state index in [2.05, 4.69) is 4.99 Å². The van der Waals surface area contributed by atoms with Crippen molar-refractivity contribution < 1.29 is 31.1 Å². The van der Waals surface area contributed by atoms with Gasteiger partial charge in [-0.25, -0.2) is 0 Å². The first-order chi connectivity index (χ1) is 10.5. The SMILES string of the molecule is Cc1cc(C)c(O)c(N=Cc2ccc([N+](=O)[O-])cc2)c1.[O]=[V]. The van der Waals surface area contributed by atoms with Crippen LogP contribution in [0.2, 0.25) is 0 Å². The topological polar surface area (TPSA) is 92.8 Å². The molecule has 113 valence electrons. The second-order valence-electron chi connectivity index (χ2n) is 4.56. The number of hydrogen-bond acceptors (Lipinski definition) is 5. The van der Waals surface area contributed by atoms with Gasteiger partial charge in [0.1, 0.15) is 11.4 Å². The number of hydrogen-bond donors (Lipinski definition) is 1. The Hall–Kier alpha value is -2.31. The maximum atomic E-state index is 10.6. The van der Waals surface area contributed by atoms with Crippen molar-refractivity contribution in [3.8, 4) is 5.75 Å². The molecule has 0 saturated carbocycles. The zero-order valence-electron chi connectivity index (χ0n) is 12.1. The van der Waals surface area contributed by atoms with Crippen LogP contribution in [-0.2, 0) is 21.0 Å². The van der Waals surface area contributed by atoms with Crippen LogP contribution in [0.25, 0.3) is 0 Å². The number of aliphatic imine (C=N–C) groups is 1. The van der Waals surface area contributed by atoms with Gasteiger partial charge in [0.05, 0.1) is 4.92 Å². The van der Waals surface area contributed by atoms with Crippen molar-refractivity contribution in [3.05, 3.63) is 63.2 Å². The van der Waals surface area contributed by atoms with Crippen LogP contribution in [0.3, 0.4) is 0 Å². The molecule has 0 unspecified atom stereocenters.